The lowest BCUT2D eigenvalue weighted by Crippen LogP contribution is -2.16. The molecule has 3 heteroatoms. The minimum absolute atomic E-state index is 0.697. The van der Waals surface area contributed by atoms with Crippen LogP contribution in [0.4, 0.5) is 0 Å². The molecule has 0 bridgehead atoms. The Morgan fingerprint density at radius 3 is 0.923 bits per heavy atom. The summed E-state index contributed by atoms with van der Waals surface area (Å²) in [5, 5.41) is 7.07. The van der Waals surface area contributed by atoms with E-state index in [0.717, 1.165) is 11.1 Å². The Labute approximate surface area is 157 Å². The largest absolute Gasteiger partial charge is 0.123 e. The summed E-state index contributed by atoms with van der Waals surface area (Å²) < 4.78 is 0. The minimum Gasteiger partial charge on any atom is -0.123 e. The molecule has 0 radical (unpaired) electrons. The Hall–Kier alpha value is -2.29. The molecule has 0 saturated carbocycles. The molecule has 0 amide bonds. The van der Waals surface area contributed by atoms with Crippen LogP contribution in [-0.2, 0) is 0 Å². The number of hydrogen-bond acceptors (Lipinski definition) is 2. The van der Waals surface area contributed by atoms with Crippen LogP contribution >= 0.6 is 0 Å². The lowest BCUT2D eigenvalue weighted by atomic mass is 9.81. The van der Waals surface area contributed by atoms with Crippen molar-refractivity contribution in [3.05, 3.63) is 71.7 Å². The summed E-state index contributed by atoms with van der Waals surface area (Å²) >= 11 is 0. The Kier molecular flexibility index (Phi) is 5.50. The van der Waals surface area contributed by atoms with Gasteiger partial charge in [-0.3, -0.25) is 0 Å². The molecule has 0 atom stereocenters. The van der Waals surface area contributed by atoms with Crippen molar-refractivity contribution >= 4 is 5.71 Å². The van der Waals surface area contributed by atoms with Gasteiger partial charge in [-0.05, 0) is 125 Å². The maximum Gasteiger partial charge on any atom is 0.105 e. The van der Waals surface area contributed by atoms with E-state index < -0.39 is 0 Å². The van der Waals surface area contributed by atoms with Crippen molar-refractivity contribution in [1.82, 2.24) is 0 Å². The van der Waals surface area contributed by atoms with Crippen LogP contribution in [-0.4, -0.2) is 5.71 Å². The van der Waals surface area contributed by atoms with E-state index in [0.29, 0.717) is 5.71 Å². The zero-order chi connectivity index (χ0) is 19.9. The first-order chi connectivity index (χ1) is 12.1. The van der Waals surface area contributed by atoms with E-state index in [1.807, 2.05) is 0 Å². The van der Waals surface area contributed by atoms with Gasteiger partial charge in [0.05, 0.1) is 5.29 Å². The van der Waals surface area contributed by atoms with Crippen molar-refractivity contribution in [2.24, 2.45) is 10.4 Å². The molecule has 0 heterocycles. The van der Waals surface area contributed by atoms with E-state index in [4.69, 9.17) is 0 Å². The molecule has 0 saturated heterocycles. The molecule has 2 rings (SSSR count). The first kappa shape index (κ1) is 20.0. The van der Waals surface area contributed by atoms with Gasteiger partial charge < -0.3 is 0 Å². The van der Waals surface area contributed by atoms with Crippen molar-refractivity contribution in [3.8, 4) is 0 Å². The highest BCUT2D eigenvalue weighted by atomic mass is 16.3. The molecule has 0 aliphatic rings. The summed E-state index contributed by atoms with van der Waals surface area (Å²) in [5.74, 6) is 0. The molecule has 0 aliphatic carbocycles. The van der Waals surface area contributed by atoms with Crippen LogP contribution in [0.25, 0.3) is 0 Å². The highest BCUT2D eigenvalue weighted by molar-refractivity contribution is 6.16. The van der Waals surface area contributed by atoms with Crippen molar-refractivity contribution in [2.75, 3.05) is 0 Å². The van der Waals surface area contributed by atoms with Crippen LogP contribution in [0.15, 0.2) is 10.4 Å². The van der Waals surface area contributed by atoms with Crippen LogP contribution in [0.5, 0.6) is 0 Å². The molecule has 138 valence electrons. The lowest BCUT2D eigenvalue weighted by Gasteiger charge is -2.23. The standard InChI is InChI=1S/C23H30N2O/c1-11-13(3)17(7)21(18(8)14(11)4)23(24-25-26)22-19(9)15(5)12(2)16(6)20(22)10/h1-10H3. The second kappa shape index (κ2) is 7.14. The molecule has 0 fully saturated rings. The molecular weight excluding hydrogens is 320 g/mol. The van der Waals surface area contributed by atoms with E-state index in [-0.39, 0.29) is 0 Å². The highest BCUT2D eigenvalue weighted by Crippen LogP contribution is 2.33. The molecule has 2 aromatic rings. The smallest absolute Gasteiger partial charge is 0.105 e. The van der Waals surface area contributed by atoms with Gasteiger partial charge in [0.25, 0.3) is 0 Å². The van der Waals surface area contributed by atoms with Gasteiger partial charge in [0.2, 0.25) is 0 Å². The predicted molar refractivity (Wildman–Crippen MR) is 112 cm³/mol. The highest BCUT2D eigenvalue weighted by Gasteiger charge is 2.23. The van der Waals surface area contributed by atoms with E-state index in [1.54, 1.807) is 0 Å². The van der Waals surface area contributed by atoms with E-state index in [1.165, 1.54) is 55.6 Å². The Bertz CT molecular complexity index is 820. The summed E-state index contributed by atoms with van der Waals surface area (Å²) in [6.45, 7) is 21.3. The SMILES string of the molecule is Cc1c(C)c(C)c(C(=NN=O)c2c(C)c(C)c(C)c(C)c2C)c(C)c1C. The van der Waals surface area contributed by atoms with Crippen molar-refractivity contribution in [2.45, 2.75) is 69.2 Å². The summed E-state index contributed by atoms with van der Waals surface area (Å²) in [7, 11) is 0. The van der Waals surface area contributed by atoms with Gasteiger partial charge >= 0.3 is 0 Å². The minimum atomic E-state index is 0.697. The predicted octanol–water partition coefficient (Wildman–Crippen LogP) is 6.29. The Balaban J connectivity index is 3.02. The van der Waals surface area contributed by atoms with Crippen molar-refractivity contribution < 1.29 is 0 Å². The van der Waals surface area contributed by atoms with Crippen LogP contribution in [0.2, 0.25) is 0 Å². The van der Waals surface area contributed by atoms with Gasteiger partial charge in [0.1, 0.15) is 5.71 Å². The summed E-state index contributed by atoms with van der Waals surface area (Å²) in [4.78, 5) is 11.2. The zero-order valence-electron chi connectivity index (χ0n) is 17.8. The Morgan fingerprint density at radius 2 is 0.692 bits per heavy atom. The summed E-state index contributed by atoms with van der Waals surface area (Å²) in [6, 6.07) is 0. The fourth-order valence-corrected chi connectivity index (χ4v) is 3.98. The lowest BCUT2D eigenvalue weighted by molar-refractivity contribution is 1.13. The zero-order valence-corrected chi connectivity index (χ0v) is 17.8. The number of hydrogen-bond donors (Lipinski definition) is 0. The number of nitrogens with zero attached hydrogens (tertiary/aromatic N) is 2. The van der Waals surface area contributed by atoms with Gasteiger partial charge in [-0.25, -0.2) is 0 Å². The van der Waals surface area contributed by atoms with Gasteiger partial charge in [0, 0.05) is 11.1 Å². The average Bonchev–Trinajstić information content (AvgIpc) is 2.61. The maximum absolute atomic E-state index is 11.2. The fourth-order valence-electron chi connectivity index (χ4n) is 3.98. The van der Waals surface area contributed by atoms with Gasteiger partial charge in [-0.15, -0.1) is 10.0 Å². The molecule has 0 N–H and O–H groups in total. The van der Waals surface area contributed by atoms with E-state index >= 15 is 0 Å². The third-order valence-corrected chi connectivity index (χ3v) is 6.61. The first-order valence-electron chi connectivity index (χ1n) is 9.11. The number of benzene rings is 2. The van der Waals surface area contributed by atoms with Crippen LogP contribution in [0.1, 0.15) is 66.8 Å². The maximum atomic E-state index is 11.2. The molecule has 0 aromatic heterocycles. The van der Waals surface area contributed by atoms with Gasteiger partial charge in [-0.1, -0.05) is 0 Å². The fraction of sp³-hybridized carbons (Fsp3) is 0.435. The van der Waals surface area contributed by atoms with Gasteiger partial charge in [-0.2, -0.15) is 0 Å². The monoisotopic (exact) mass is 350 g/mol. The summed E-state index contributed by atoms with van der Waals surface area (Å²) in [5.41, 5.74) is 15.0. The third kappa shape index (κ3) is 2.90. The topological polar surface area (TPSA) is 41.8 Å². The molecule has 3 nitrogen and oxygen atoms in total. The molecule has 2 aromatic carbocycles. The number of nitroso groups, excluding NO2 is 1. The van der Waals surface area contributed by atoms with Crippen LogP contribution in [0.3, 0.4) is 0 Å². The average molecular weight is 351 g/mol. The van der Waals surface area contributed by atoms with Crippen LogP contribution < -0.4 is 0 Å². The Morgan fingerprint density at radius 1 is 0.462 bits per heavy atom. The van der Waals surface area contributed by atoms with Gasteiger partial charge in [0.15, 0.2) is 0 Å². The van der Waals surface area contributed by atoms with E-state index in [2.05, 4.69) is 79.6 Å². The summed E-state index contributed by atoms with van der Waals surface area (Å²) in [6.07, 6.45) is 0. The van der Waals surface area contributed by atoms with Crippen molar-refractivity contribution in [1.29, 1.82) is 0 Å². The van der Waals surface area contributed by atoms with E-state index in [9.17, 15) is 4.91 Å². The van der Waals surface area contributed by atoms with Crippen molar-refractivity contribution in [3.63, 3.8) is 0 Å². The quantitative estimate of drug-likeness (QED) is 0.364. The molecular formula is C23H30N2O. The molecule has 26 heavy (non-hydrogen) atoms. The number of rotatable bonds is 3. The molecule has 0 aliphatic heterocycles. The second-order valence-electron chi connectivity index (χ2n) is 7.53. The first-order valence-corrected chi connectivity index (χ1v) is 9.11. The second-order valence-corrected chi connectivity index (χ2v) is 7.53. The van der Waals surface area contributed by atoms with Crippen LogP contribution in [0, 0.1) is 74.1 Å². The molecule has 0 spiro atoms. The normalized spacial score (nSPS) is 10.8. The third-order valence-electron chi connectivity index (χ3n) is 6.61. The molecule has 0 unspecified atom stereocenters.